The molecular formula is C43H54N2O16. The largest absolute Gasteiger partial charge is 0.461 e. The Kier molecular flexibility index (Phi) is 20.6. The number of anilines is 2. The molecule has 0 spiro atoms. The molecule has 0 aromatic heterocycles. The summed E-state index contributed by atoms with van der Waals surface area (Å²) in [5.74, 6) is -5.00. The first-order chi connectivity index (χ1) is 28.3. The molecule has 0 aliphatic carbocycles. The minimum Gasteiger partial charge on any atom is -0.461 e. The quantitative estimate of drug-likeness (QED) is 0.0712. The SMILES string of the molecule is C=C(C)C(=O)OCC(COC(=O)Nc1cccc(C)c1NC(=O)OCC(COC(=O)C(=C)C)(COC(=O)C(=C)C)COC(=O)C(=C)C)(COC(=O)C(=C)C)COC(=O)C(=C)C. The monoisotopic (exact) mass is 854 g/mol. The van der Waals surface area contributed by atoms with Crippen LogP contribution in [0.4, 0.5) is 21.0 Å². The molecule has 1 rings (SSSR count). The van der Waals surface area contributed by atoms with E-state index in [1.807, 2.05) is 0 Å². The highest BCUT2D eigenvalue weighted by atomic mass is 16.6. The Morgan fingerprint density at radius 1 is 0.426 bits per heavy atom. The lowest BCUT2D eigenvalue weighted by Gasteiger charge is -2.32. The number of nitrogens with one attached hydrogen (secondary N) is 2. The lowest BCUT2D eigenvalue weighted by Crippen LogP contribution is -2.44. The zero-order chi connectivity index (χ0) is 46.7. The number of esters is 6. The van der Waals surface area contributed by atoms with Crippen LogP contribution >= 0.6 is 0 Å². The van der Waals surface area contributed by atoms with E-state index < -0.39 is 112 Å². The predicted octanol–water partition coefficient (Wildman–Crippen LogP) is 5.78. The summed E-state index contributed by atoms with van der Waals surface area (Å²) < 4.78 is 42.9. The highest BCUT2D eigenvalue weighted by molar-refractivity contribution is 5.96. The smallest absolute Gasteiger partial charge is 0.411 e. The van der Waals surface area contributed by atoms with Crippen LogP contribution in [0.25, 0.3) is 0 Å². The van der Waals surface area contributed by atoms with Crippen molar-refractivity contribution in [2.45, 2.75) is 48.5 Å². The lowest BCUT2D eigenvalue weighted by atomic mass is 9.92. The fourth-order valence-corrected chi connectivity index (χ4v) is 4.21. The van der Waals surface area contributed by atoms with Gasteiger partial charge in [0.2, 0.25) is 0 Å². The molecule has 0 bridgehead atoms. The molecule has 0 saturated heterocycles. The number of para-hydroxylation sites is 1. The van der Waals surface area contributed by atoms with E-state index in [1.165, 1.54) is 47.6 Å². The van der Waals surface area contributed by atoms with Gasteiger partial charge in [-0.15, -0.1) is 0 Å². The second-order valence-electron chi connectivity index (χ2n) is 14.5. The molecule has 0 fully saturated rings. The van der Waals surface area contributed by atoms with Crippen molar-refractivity contribution >= 4 is 59.4 Å². The number of rotatable bonds is 24. The van der Waals surface area contributed by atoms with Crippen molar-refractivity contribution in [1.29, 1.82) is 0 Å². The fraction of sp³-hybridized carbons (Fsp3) is 0.395. The molecular weight excluding hydrogens is 800 g/mol. The number of benzene rings is 1. The molecule has 0 radical (unpaired) electrons. The van der Waals surface area contributed by atoms with E-state index in [9.17, 15) is 38.4 Å². The Labute approximate surface area is 354 Å². The van der Waals surface area contributed by atoms with Crippen LogP contribution in [0, 0.1) is 17.8 Å². The molecule has 2 N–H and O–H groups in total. The van der Waals surface area contributed by atoms with Crippen LogP contribution in [0.3, 0.4) is 0 Å². The van der Waals surface area contributed by atoms with E-state index in [-0.39, 0.29) is 44.8 Å². The average Bonchev–Trinajstić information content (AvgIpc) is 3.19. The van der Waals surface area contributed by atoms with Crippen molar-refractivity contribution in [3.05, 3.63) is 96.7 Å². The number of hydrogen-bond acceptors (Lipinski definition) is 16. The van der Waals surface area contributed by atoms with E-state index >= 15 is 0 Å². The number of carbonyl (C=O) groups is 8. The summed E-state index contributed by atoms with van der Waals surface area (Å²) in [5, 5.41) is 5.00. The van der Waals surface area contributed by atoms with Crippen LogP contribution in [-0.2, 0) is 66.7 Å². The molecule has 0 aliphatic rings. The third kappa shape index (κ3) is 18.2. The molecule has 1 aromatic rings. The van der Waals surface area contributed by atoms with Gasteiger partial charge >= 0.3 is 48.0 Å². The Morgan fingerprint density at radius 3 is 0.934 bits per heavy atom. The zero-order valence-electron chi connectivity index (χ0n) is 35.7. The zero-order valence-corrected chi connectivity index (χ0v) is 35.7. The summed E-state index contributed by atoms with van der Waals surface area (Å²) in [6.07, 6.45) is -2.23. The van der Waals surface area contributed by atoms with Crippen molar-refractivity contribution in [1.82, 2.24) is 0 Å². The molecule has 61 heavy (non-hydrogen) atoms. The predicted molar refractivity (Wildman–Crippen MR) is 221 cm³/mol. The average molecular weight is 855 g/mol. The molecule has 18 nitrogen and oxygen atoms in total. The van der Waals surface area contributed by atoms with Gasteiger partial charge in [-0.2, -0.15) is 0 Å². The molecule has 0 heterocycles. The number of amides is 2. The third-order valence-corrected chi connectivity index (χ3v) is 7.90. The summed E-state index contributed by atoms with van der Waals surface area (Å²) in [5.41, 5.74) is -2.71. The van der Waals surface area contributed by atoms with Crippen LogP contribution in [-0.4, -0.2) is 101 Å². The topological polar surface area (TPSA) is 234 Å². The molecule has 18 heteroatoms. The standard InChI is InChI=1S/C43H54N2O16/c1-25(2)34(46)54-17-42(18-55-35(47)26(3)4,19-56-36(48)27(5)6)23-60-40(52)44-32-16-14-15-31(13)33(32)45-41(53)61-24-43(20-57-37(49)28(7)8,21-58-38(50)29(9)10)22-59-39(51)30(11)12/h14-16H,1,3,5,7,9,11,17-24H2,2,4,6,8,10,12-13H3,(H,44,52)(H,45,53). The van der Waals surface area contributed by atoms with Crippen LogP contribution < -0.4 is 10.6 Å². The number of aryl methyl sites for hydroxylation is 1. The summed E-state index contributed by atoms with van der Waals surface area (Å²) in [7, 11) is 0. The van der Waals surface area contributed by atoms with Crippen molar-refractivity contribution in [2.24, 2.45) is 10.8 Å². The highest BCUT2D eigenvalue weighted by Crippen LogP contribution is 2.29. The summed E-state index contributed by atoms with van der Waals surface area (Å²) in [6.45, 7) is 26.3. The summed E-state index contributed by atoms with van der Waals surface area (Å²) >= 11 is 0. The normalized spacial score (nSPS) is 10.7. The van der Waals surface area contributed by atoms with Gasteiger partial charge in [0.15, 0.2) is 0 Å². The molecule has 0 atom stereocenters. The van der Waals surface area contributed by atoms with Gasteiger partial charge in [-0.1, -0.05) is 51.6 Å². The second kappa shape index (κ2) is 24.2. The van der Waals surface area contributed by atoms with Gasteiger partial charge in [0.05, 0.1) is 11.4 Å². The molecule has 2 amide bonds. The van der Waals surface area contributed by atoms with Crippen molar-refractivity contribution in [3.63, 3.8) is 0 Å². The van der Waals surface area contributed by atoms with Crippen molar-refractivity contribution in [2.75, 3.05) is 63.5 Å². The van der Waals surface area contributed by atoms with E-state index in [1.54, 1.807) is 19.1 Å². The van der Waals surface area contributed by atoms with E-state index in [2.05, 4.69) is 50.1 Å². The van der Waals surface area contributed by atoms with Gasteiger partial charge in [0.25, 0.3) is 0 Å². The first kappa shape index (κ1) is 52.0. The van der Waals surface area contributed by atoms with E-state index in [0.29, 0.717) is 5.56 Å². The van der Waals surface area contributed by atoms with Gasteiger partial charge in [-0.05, 0) is 60.1 Å². The van der Waals surface area contributed by atoms with Crippen molar-refractivity contribution in [3.8, 4) is 0 Å². The Morgan fingerprint density at radius 2 is 0.672 bits per heavy atom. The first-order valence-corrected chi connectivity index (χ1v) is 18.3. The minimum absolute atomic E-state index is 0.00360. The molecule has 0 aliphatic heterocycles. The Balaban J connectivity index is 3.44. The molecule has 1 aromatic carbocycles. The summed E-state index contributed by atoms with van der Waals surface area (Å²) in [6, 6.07) is 4.54. The first-order valence-electron chi connectivity index (χ1n) is 18.3. The number of carbonyl (C=O) groups excluding carboxylic acids is 8. The highest BCUT2D eigenvalue weighted by Gasteiger charge is 2.40. The maximum Gasteiger partial charge on any atom is 0.411 e. The Bertz CT molecular complexity index is 1810. The molecule has 0 saturated carbocycles. The second-order valence-corrected chi connectivity index (χ2v) is 14.5. The van der Waals surface area contributed by atoms with Gasteiger partial charge in [-0.25, -0.2) is 38.4 Å². The number of hydrogen-bond donors (Lipinski definition) is 2. The van der Waals surface area contributed by atoms with Crippen molar-refractivity contribution < 1.29 is 76.3 Å². The summed E-state index contributed by atoms with van der Waals surface area (Å²) in [4.78, 5) is 101. The maximum absolute atomic E-state index is 13.4. The lowest BCUT2D eigenvalue weighted by molar-refractivity contribution is -0.162. The van der Waals surface area contributed by atoms with Crippen LogP contribution in [0.5, 0.6) is 0 Å². The van der Waals surface area contributed by atoms with Gasteiger partial charge in [0.1, 0.15) is 63.7 Å². The minimum atomic E-state index is -1.65. The Hall–Kier alpha value is -6.98. The maximum atomic E-state index is 13.4. The molecule has 332 valence electrons. The van der Waals surface area contributed by atoms with Gasteiger partial charge in [-0.3, -0.25) is 10.6 Å². The number of ether oxygens (including phenoxy) is 8. The van der Waals surface area contributed by atoms with Crippen LogP contribution in [0.1, 0.15) is 47.1 Å². The van der Waals surface area contributed by atoms with Crippen LogP contribution in [0.15, 0.2) is 91.1 Å². The third-order valence-electron chi connectivity index (χ3n) is 7.90. The van der Waals surface area contributed by atoms with E-state index in [4.69, 9.17) is 37.9 Å². The van der Waals surface area contributed by atoms with Crippen LogP contribution in [0.2, 0.25) is 0 Å². The fourth-order valence-electron chi connectivity index (χ4n) is 4.21. The van der Waals surface area contributed by atoms with E-state index in [0.717, 1.165) is 0 Å². The van der Waals surface area contributed by atoms with Gasteiger partial charge < -0.3 is 37.9 Å². The van der Waals surface area contributed by atoms with Gasteiger partial charge in [0, 0.05) is 33.4 Å². The molecule has 0 unspecified atom stereocenters.